The molecule has 3 nitrogen and oxygen atoms in total. The second-order valence-electron chi connectivity index (χ2n) is 5.22. The lowest BCUT2D eigenvalue weighted by Crippen LogP contribution is -2.44. The average Bonchev–Trinajstić information content (AvgIpc) is 2.68. The molecular weight excluding hydrogens is 248 g/mol. The molecule has 1 spiro atoms. The molecule has 1 atom stereocenters. The van der Waals surface area contributed by atoms with Gasteiger partial charge in [-0.3, -0.25) is 4.79 Å². The van der Waals surface area contributed by atoms with E-state index in [9.17, 15) is 4.79 Å². The normalized spacial score (nSPS) is 26.3. The molecule has 1 amide bonds. The Hall–Kier alpha value is -1.06. The zero-order valence-corrected chi connectivity index (χ0v) is 11.0. The van der Waals surface area contributed by atoms with Gasteiger partial charge in [-0.25, -0.2) is 0 Å². The molecule has 18 heavy (non-hydrogen) atoms. The largest absolute Gasteiger partial charge is 0.355 e. The third-order valence-corrected chi connectivity index (χ3v) is 4.57. The summed E-state index contributed by atoms with van der Waals surface area (Å²) in [6, 6.07) is 7.93. The van der Waals surface area contributed by atoms with Crippen molar-refractivity contribution in [3.8, 4) is 0 Å². The zero-order chi connectivity index (χ0) is 12.6. The smallest absolute Gasteiger partial charge is 0.227 e. The maximum atomic E-state index is 12.2. The van der Waals surface area contributed by atoms with Crippen LogP contribution in [0.25, 0.3) is 0 Å². The molecule has 2 aliphatic rings. The lowest BCUT2D eigenvalue weighted by atomic mass is 9.68. The minimum absolute atomic E-state index is 0.217. The topological polar surface area (TPSA) is 41.1 Å². The number of carbonyl (C=O) groups is 1. The Labute approximate surface area is 112 Å². The van der Waals surface area contributed by atoms with Gasteiger partial charge in [-0.15, -0.1) is 0 Å². The first kappa shape index (κ1) is 12.0. The zero-order valence-electron chi connectivity index (χ0n) is 10.2. The van der Waals surface area contributed by atoms with E-state index in [2.05, 4.69) is 16.7 Å². The van der Waals surface area contributed by atoms with E-state index in [1.54, 1.807) is 0 Å². The molecule has 0 aliphatic carbocycles. The Morgan fingerprint density at radius 2 is 2.06 bits per heavy atom. The van der Waals surface area contributed by atoms with Gasteiger partial charge in [-0.2, -0.15) is 0 Å². The van der Waals surface area contributed by atoms with Crippen LogP contribution in [0, 0.1) is 5.41 Å². The summed E-state index contributed by atoms with van der Waals surface area (Å²) >= 11 is 6.07. The molecule has 4 heteroatoms. The lowest BCUT2D eigenvalue weighted by Gasteiger charge is -2.36. The van der Waals surface area contributed by atoms with Crippen molar-refractivity contribution >= 4 is 17.5 Å². The number of amides is 1. The van der Waals surface area contributed by atoms with Crippen LogP contribution in [0.3, 0.4) is 0 Å². The first-order valence-electron chi connectivity index (χ1n) is 6.47. The van der Waals surface area contributed by atoms with Crippen LogP contribution in [-0.4, -0.2) is 25.5 Å². The first-order valence-corrected chi connectivity index (χ1v) is 6.85. The van der Waals surface area contributed by atoms with E-state index in [0.717, 1.165) is 37.5 Å². The molecule has 96 valence electrons. The van der Waals surface area contributed by atoms with Crippen molar-refractivity contribution in [1.29, 1.82) is 0 Å². The number of nitrogens with one attached hydrogen (secondary N) is 2. The van der Waals surface area contributed by atoms with Crippen molar-refractivity contribution in [2.45, 2.75) is 18.8 Å². The van der Waals surface area contributed by atoms with Crippen LogP contribution in [0.5, 0.6) is 0 Å². The summed E-state index contributed by atoms with van der Waals surface area (Å²) in [4.78, 5) is 12.2. The Morgan fingerprint density at radius 1 is 1.28 bits per heavy atom. The minimum atomic E-state index is -0.226. The molecule has 2 fully saturated rings. The quantitative estimate of drug-likeness (QED) is 0.814. The highest BCUT2D eigenvalue weighted by molar-refractivity contribution is 6.30. The molecule has 2 saturated heterocycles. The highest BCUT2D eigenvalue weighted by Crippen LogP contribution is 2.46. The highest BCUT2D eigenvalue weighted by Gasteiger charge is 2.50. The molecule has 2 heterocycles. The van der Waals surface area contributed by atoms with E-state index >= 15 is 0 Å². The van der Waals surface area contributed by atoms with Crippen LogP contribution < -0.4 is 10.6 Å². The van der Waals surface area contributed by atoms with Crippen molar-refractivity contribution in [3.05, 3.63) is 34.9 Å². The predicted octanol–water partition coefficient (Wildman–Crippen LogP) is 1.92. The predicted molar refractivity (Wildman–Crippen MR) is 71.7 cm³/mol. The van der Waals surface area contributed by atoms with E-state index in [1.807, 2.05) is 18.2 Å². The van der Waals surface area contributed by atoms with Gasteiger partial charge in [0, 0.05) is 17.5 Å². The Kier molecular flexibility index (Phi) is 3.04. The van der Waals surface area contributed by atoms with E-state index < -0.39 is 0 Å². The number of hydrogen-bond acceptors (Lipinski definition) is 2. The number of hydrogen-bond donors (Lipinski definition) is 2. The molecule has 0 aromatic heterocycles. The number of carbonyl (C=O) groups excluding carboxylic acids is 1. The third-order valence-electron chi connectivity index (χ3n) is 4.33. The van der Waals surface area contributed by atoms with Gasteiger partial charge >= 0.3 is 0 Å². The Bertz CT molecular complexity index is 469. The fourth-order valence-electron chi connectivity index (χ4n) is 3.33. The van der Waals surface area contributed by atoms with Gasteiger partial charge in [-0.05, 0) is 43.6 Å². The van der Waals surface area contributed by atoms with Crippen LogP contribution in [0.15, 0.2) is 24.3 Å². The van der Waals surface area contributed by atoms with Crippen LogP contribution in [0.4, 0.5) is 0 Å². The molecule has 1 unspecified atom stereocenters. The Morgan fingerprint density at radius 3 is 2.78 bits per heavy atom. The Balaban J connectivity index is 1.98. The van der Waals surface area contributed by atoms with E-state index in [-0.39, 0.29) is 17.2 Å². The molecule has 2 N–H and O–H groups in total. The van der Waals surface area contributed by atoms with E-state index in [1.165, 1.54) is 5.56 Å². The van der Waals surface area contributed by atoms with Crippen molar-refractivity contribution in [2.75, 3.05) is 19.6 Å². The van der Waals surface area contributed by atoms with Gasteiger partial charge in [0.25, 0.3) is 0 Å². The number of halogens is 1. The highest BCUT2D eigenvalue weighted by atomic mass is 35.5. The molecule has 0 bridgehead atoms. The summed E-state index contributed by atoms with van der Waals surface area (Å²) in [7, 11) is 0. The summed E-state index contributed by atoms with van der Waals surface area (Å²) in [5, 5.41) is 7.12. The summed E-state index contributed by atoms with van der Waals surface area (Å²) in [6.45, 7) is 2.58. The van der Waals surface area contributed by atoms with Gasteiger partial charge < -0.3 is 10.6 Å². The average molecular weight is 265 g/mol. The van der Waals surface area contributed by atoms with Crippen LogP contribution in [-0.2, 0) is 4.79 Å². The second-order valence-corrected chi connectivity index (χ2v) is 5.66. The minimum Gasteiger partial charge on any atom is -0.355 e. The monoisotopic (exact) mass is 264 g/mol. The molecule has 3 rings (SSSR count). The van der Waals surface area contributed by atoms with Gasteiger partial charge in [0.1, 0.15) is 0 Å². The summed E-state index contributed by atoms with van der Waals surface area (Å²) < 4.78 is 0. The second kappa shape index (κ2) is 4.56. The van der Waals surface area contributed by atoms with Crippen LogP contribution >= 0.6 is 11.6 Å². The van der Waals surface area contributed by atoms with Crippen molar-refractivity contribution in [3.63, 3.8) is 0 Å². The van der Waals surface area contributed by atoms with Crippen molar-refractivity contribution < 1.29 is 4.79 Å². The van der Waals surface area contributed by atoms with E-state index in [4.69, 9.17) is 11.6 Å². The molecule has 1 aromatic rings. The fourth-order valence-corrected chi connectivity index (χ4v) is 3.53. The molecule has 2 aliphatic heterocycles. The first-order chi connectivity index (χ1) is 8.72. The van der Waals surface area contributed by atoms with Gasteiger partial charge in [0.2, 0.25) is 5.91 Å². The summed E-state index contributed by atoms with van der Waals surface area (Å²) in [6.07, 6.45) is 1.83. The third kappa shape index (κ3) is 1.82. The maximum Gasteiger partial charge on any atom is 0.227 e. The lowest BCUT2D eigenvalue weighted by molar-refractivity contribution is -0.129. The summed E-state index contributed by atoms with van der Waals surface area (Å²) in [5.74, 6) is 0.472. The summed E-state index contributed by atoms with van der Waals surface area (Å²) in [5.41, 5.74) is 0.957. The number of piperidine rings is 1. The van der Waals surface area contributed by atoms with Crippen LogP contribution in [0.1, 0.15) is 24.3 Å². The molecule has 1 aromatic carbocycles. The van der Waals surface area contributed by atoms with Gasteiger partial charge in [-0.1, -0.05) is 23.7 Å². The standard InChI is InChI=1S/C14H17ClN2O/c15-11-3-1-2-10(8-11)12-9-17-13(18)14(12)4-6-16-7-5-14/h1-3,8,12,16H,4-7,9H2,(H,17,18). The van der Waals surface area contributed by atoms with Gasteiger partial charge in [0.15, 0.2) is 0 Å². The molecular formula is C14H17ClN2O. The fraction of sp³-hybridized carbons (Fsp3) is 0.500. The number of benzene rings is 1. The van der Waals surface area contributed by atoms with Crippen molar-refractivity contribution in [1.82, 2.24) is 10.6 Å². The van der Waals surface area contributed by atoms with Crippen LogP contribution in [0.2, 0.25) is 5.02 Å². The molecule has 0 saturated carbocycles. The van der Waals surface area contributed by atoms with Gasteiger partial charge in [0.05, 0.1) is 5.41 Å². The van der Waals surface area contributed by atoms with Crippen molar-refractivity contribution in [2.24, 2.45) is 5.41 Å². The SMILES string of the molecule is O=C1NCC(c2cccc(Cl)c2)C12CCNCC2. The molecule has 0 radical (unpaired) electrons. The van der Waals surface area contributed by atoms with E-state index in [0.29, 0.717) is 0 Å². The maximum absolute atomic E-state index is 12.2. The number of rotatable bonds is 1.